The molecule has 1 aliphatic rings. The van der Waals surface area contributed by atoms with Crippen LogP contribution in [0.4, 0.5) is 4.39 Å². The molecule has 0 aliphatic heterocycles. The third-order valence-electron chi connectivity index (χ3n) is 3.53. The number of carbonyl (C=O) groups excluding carboxylic acids is 1. The molecule has 0 spiro atoms. The summed E-state index contributed by atoms with van der Waals surface area (Å²) in [5, 5.41) is 11.8. The van der Waals surface area contributed by atoms with Crippen molar-refractivity contribution in [2.24, 2.45) is 5.92 Å². The maximum atomic E-state index is 12.8. The van der Waals surface area contributed by atoms with Crippen molar-refractivity contribution < 1.29 is 19.1 Å². The van der Waals surface area contributed by atoms with Gasteiger partial charge >= 0.3 is 5.97 Å². The van der Waals surface area contributed by atoms with Crippen molar-refractivity contribution in [3.8, 4) is 0 Å². The van der Waals surface area contributed by atoms with Gasteiger partial charge in [-0.05, 0) is 30.5 Å². The number of aliphatic carboxylic acids is 1. The second kappa shape index (κ2) is 5.82. The standard InChI is InChI=1S/C14H16FNO3/c15-11-6-4-9(5-7-11)12(14(18)19)8-16-13(17)10-2-1-3-10/h4-7,10,12H,1-3,8H2,(H,16,17)(H,18,19). The first kappa shape index (κ1) is 13.5. The van der Waals surface area contributed by atoms with Crippen LogP contribution < -0.4 is 5.32 Å². The number of benzene rings is 1. The molecule has 1 amide bonds. The molecule has 1 fully saturated rings. The molecule has 1 unspecified atom stereocenters. The minimum absolute atomic E-state index is 0.0302. The molecule has 2 rings (SSSR count). The summed E-state index contributed by atoms with van der Waals surface area (Å²) >= 11 is 0. The van der Waals surface area contributed by atoms with E-state index in [0.29, 0.717) is 5.56 Å². The Morgan fingerprint density at radius 3 is 2.42 bits per heavy atom. The van der Waals surface area contributed by atoms with Crippen LogP contribution in [0.15, 0.2) is 24.3 Å². The molecule has 1 atom stereocenters. The fourth-order valence-corrected chi connectivity index (χ4v) is 2.06. The van der Waals surface area contributed by atoms with E-state index in [9.17, 15) is 19.1 Å². The topological polar surface area (TPSA) is 66.4 Å². The van der Waals surface area contributed by atoms with Crippen molar-refractivity contribution in [2.75, 3.05) is 6.54 Å². The predicted molar refractivity (Wildman–Crippen MR) is 67.1 cm³/mol. The van der Waals surface area contributed by atoms with E-state index < -0.39 is 17.7 Å². The second-order valence-electron chi connectivity index (χ2n) is 4.82. The van der Waals surface area contributed by atoms with Gasteiger partial charge in [-0.15, -0.1) is 0 Å². The number of carboxylic acids is 1. The van der Waals surface area contributed by atoms with E-state index in [1.165, 1.54) is 24.3 Å². The number of halogens is 1. The predicted octanol–water partition coefficient (Wildman–Crippen LogP) is 1.91. The van der Waals surface area contributed by atoms with Crippen LogP contribution in [0, 0.1) is 11.7 Å². The molecule has 0 saturated heterocycles. The molecule has 2 N–H and O–H groups in total. The highest BCUT2D eigenvalue weighted by Crippen LogP contribution is 2.26. The lowest BCUT2D eigenvalue weighted by molar-refractivity contribution is -0.138. The molecule has 1 aromatic carbocycles. The zero-order valence-corrected chi connectivity index (χ0v) is 10.4. The van der Waals surface area contributed by atoms with Gasteiger partial charge in [-0.25, -0.2) is 4.39 Å². The Kier molecular flexibility index (Phi) is 4.14. The van der Waals surface area contributed by atoms with Crippen LogP contribution in [0.25, 0.3) is 0 Å². The molecule has 5 heteroatoms. The van der Waals surface area contributed by atoms with Crippen molar-refractivity contribution in [3.05, 3.63) is 35.6 Å². The first-order chi connectivity index (χ1) is 9.08. The van der Waals surface area contributed by atoms with Crippen LogP contribution in [0.3, 0.4) is 0 Å². The first-order valence-electron chi connectivity index (χ1n) is 6.34. The van der Waals surface area contributed by atoms with Crippen molar-refractivity contribution in [3.63, 3.8) is 0 Å². The molecule has 0 radical (unpaired) electrons. The molecule has 1 saturated carbocycles. The number of hydrogen-bond donors (Lipinski definition) is 2. The lowest BCUT2D eigenvalue weighted by Gasteiger charge is -2.25. The summed E-state index contributed by atoms with van der Waals surface area (Å²) in [7, 11) is 0. The van der Waals surface area contributed by atoms with E-state index in [0.717, 1.165) is 19.3 Å². The highest BCUT2D eigenvalue weighted by Gasteiger charge is 2.27. The Morgan fingerprint density at radius 2 is 1.95 bits per heavy atom. The van der Waals surface area contributed by atoms with E-state index >= 15 is 0 Å². The smallest absolute Gasteiger partial charge is 0.312 e. The minimum Gasteiger partial charge on any atom is -0.481 e. The summed E-state index contributed by atoms with van der Waals surface area (Å²) in [6.07, 6.45) is 2.80. The highest BCUT2D eigenvalue weighted by atomic mass is 19.1. The zero-order chi connectivity index (χ0) is 13.8. The van der Waals surface area contributed by atoms with Gasteiger partial charge in [0.05, 0.1) is 5.92 Å². The Morgan fingerprint density at radius 1 is 1.32 bits per heavy atom. The average Bonchev–Trinajstić information content (AvgIpc) is 2.29. The van der Waals surface area contributed by atoms with Crippen LogP contribution >= 0.6 is 0 Å². The van der Waals surface area contributed by atoms with Gasteiger partial charge in [0.25, 0.3) is 0 Å². The fraction of sp³-hybridized carbons (Fsp3) is 0.429. The monoisotopic (exact) mass is 265 g/mol. The molecular formula is C14H16FNO3. The lowest BCUT2D eigenvalue weighted by atomic mass is 9.84. The number of rotatable bonds is 5. The van der Waals surface area contributed by atoms with Gasteiger partial charge in [0.2, 0.25) is 5.91 Å². The number of amides is 1. The molecule has 1 aromatic rings. The SMILES string of the molecule is O=C(NCC(C(=O)O)c1ccc(F)cc1)C1CCC1. The van der Waals surface area contributed by atoms with E-state index in [-0.39, 0.29) is 18.4 Å². The Bertz CT molecular complexity index is 468. The molecule has 0 aromatic heterocycles. The molecule has 0 bridgehead atoms. The number of nitrogens with one attached hydrogen (secondary N) is 1. The lowest BCUT2D eigenvalue weighted by Crippen LogP contribution is -2.38. The minimum atomic E-state index is -1.03. The van der Waals surface area contributed by atoms with Crippen LogP contribution in [-0.2, 0) is 9.59 Å². The molecule has 0 heterocycles. The summed E-state index contributed by atoms with van der Waals surface area (Å²) in [5.74, 6) is -2.33. The molecule has 1 aliphatic carbocycles. The van der Waals surface area contributed by atoms with Crippen LogP contribution in [-0.4, -0.2) is 23.5 Å². The Hall–Kier alpha value is -1.91. The third-order valence-corrected chi connectivity index (χ3v) is 3.53. The van der Waals surface area contributed by atoms with Crippen molar-refractivity contribution in [1.82, 2.24) is 5.32 Å². The normalized spacial score (nSPS) is 16.5. The number of hydrogen-bond acceptors (Lipinski definition) is 2. The first-order valence-corrected chi connectivity index (χ1v) is 6.34. The highest BCUT2D eigenvalue weighted by molar-refractivity contribution is 5.81. The molecular weight excluding hydrogens is 249 g/mol. The third kappa shape index (κ3) is 3.30. The number of carbonyl (C=O) groups is 2. The van der Waals surface area contributed by atoms with E-state index in [4.69, 9.17) is 0 Å². The van der Waals surface area contributed by atoms with Crippen molar-refractivity contribution in [2.45, 2.75) is 25.2 Å². The van der Waals surface area contributed by atoms with Gasteiger partial charge in [0.1, 0.15) is 5.82 Å². The summed E-state index contributed by atoms with van der Waals surface area (Å²) in [6.45, 7) is 0.0380. The van der Waals surface area contributed by atoms with Gasteiger partial charge in [-0.2, -0.15) is 0 Å². The average molecular weight is 265 g/mol. The Balaban J connectivity index is 1.98. The van der Waals surface area contributed by atoms with E-state index in [1.54, 1.807) is 0 Å². The van der Waals surface area contributed by atoms with Crippen LogP contribution in [0.5, 0.6) is 0 Å². The zero-order valence-electron chi connectivity index (χ0n) is 10.4. The summed E-state index contributed by atoms with van der Waals surface area (Å²) in [5.41, 5.74) is 0.489. The van der Waals surface area contributed by atoms with Crippen molar-refractivity contribution >= 4 is 11.9 Å². The summed E-state index contributed by atoms with van der Waals surface area (Å²) < 4.78 is 12.8. The number of carboxylic acid groups (broad SMARTS) is 1. The summed E-state index contributed by atoms with van der Waals surface area (Å²) in [4.78, 5) is 22.9. The van der Waals surface area contributed by atoms with Gasteiger partial charge < -0.3 is 10.4 Å². The van der Waals surface area contributed by atoms with Gasteiger partial charge in [0.15, 0.2) is 0 Å². The fourth-order valence-electron chi connectivity index (χ4n) is 2.06. The van der Waals surface area contributed by atoms with Crippen molar-refractivity contribution in [1.29, 1.82) is 0 Å². The largest absolute Gasteiger partial charge is 0.481 e. The van der Waals surface area contributed by atoms with Crippen LogP contribution in [0.1, 0.15) is 30.7 Å². The Labute approximate surface area is 110 Å². The molecule has 102 valence electrons. The quantitative estimate of drug-likeness (QED) is 0.854. The van der Waals surface area contributed by atoms with Gasteiger partial charge in [-0.3, -0.25) is 9.59 Å². The van der Waals surface area contributed by atoms with E-state index in [2.05, 4.69) is 5.32 Å². The van der Waals surface area contributed by atoms with E-state index in [1.807, 2.05) is 0 Å². The second-order valence-corrected chi connectivity index (χ2v) is 4.82. The summed E-state index contributed by atoms with van der Waals surface area (Å²) in [6, 6.07) is 5.31. The maximum absolute atomic E-state index is 12.8. The van der Waals surface area contributed by atoms with Crippen LogP contribution in [0.2, 0.25) is 0 Å². The van der Waals surface area contributed by atoms with Gasteiger partial charge in [-0.1, -0.05) is 18.6 Å². The molecule has 4 nitrogen and oxygen atoms in total. The maximum Gasteiger partial charge on any atom is 0.312 e. The molecule has 19 heavy (non-hydrogen) atoms. The van der Waals surface area contributed by atoms with Gasteiger partial charge in [0, 0.05) is 12.5 Å².